The Morgan fingerprint density at radius 2 is 1.72 bits per heavy atom. The van der Waals surface area contributed by atoms with Crippen molar-refractivity contribution < 1.29 is 5.11 Å². The van der Waals surface area contributed by atoms with Crippen molar-refractivity contribution in [2.75, 3.05) is 0 Å². The van der Waals surface area contributed by atoms with Gasteiger partial charge in [0, 0.05) is 22.2 Å². The number of rotatable bonds is 1. The minimum absolute atomic E-state index is 0.270. The maximum atomic E-state index is 9.35. The molecular weight excluding hydrogens is 242 g/mol. The fraction of sp³-hybridized carbons (Fsp3) is 0. The number of aliphatic imine (C=N–C) groups is 1. The van der Waals surface area contributed by atoms with Gasteiger partial charge in [-0.05, 0) is 35.7 Å². The molecule has 0 radical (unpaired) electrons. The molecule has 0 aliphatic carbocycles. The molecule has 2 aromatic rings. The fourth-order valence-corrected chi connectivity index (χ4v) is 2.61. The normalized spacial score (nSPS) is 13.7. The highest BCUT2D eigenvalue weighted by Gasteiger charge is 2.12. The van der Waals surface area contributed by atoms with Gasteiger partial charge >= 0.3 is 0 Å². The van der Waals surface area contributed by atoms with Crippen LogP contribution in [0.25, 0.3) is 0 Å². The Bertz CT molecular complexity index is 629. The summed E-state index contributed by atoms with van der Waals surface area (Å²) < 4.78 is 0. The van der Waals surface area contributed by atoms with Gasteiger partial charge in [0.05, 0.1) is 5.71 Å². The van der Waals surface area contributed by atoms with Gasteiger partial charge in [-0.2, -0.15) is 0 Å². The lowest BCUT2D eigenvalue weighted by atomic mass is 10.0. The Labute approximate surface area is 110 Å². The molecule has 18 heavy (non-hydrogen) atoms. The second-order valence-corrected chi connectivity index (χ2v) is 4.87. The number of aromatic hydroxyl groups is 1. The molecule has 0 aromatic heterocycles. The minimum Gasteiger partial charge on any atom is -0.508 e. The van der Waals surface area contributed by atoms with Crippen LogP contribution in [0, 0.1) is 0 Å². The van der Waals surface area contributed by atoms with Gasteiger partial charge < -0.3 is 5.11 Å². The molecule has 88 valence electrons. The van der Waals surface area contributed by atoms with E-state index in [4.69, 9.17) is 0 Å². The van der Waals surface area contributed by atoms with E-state index < -0.39 is 0 Å². The molecular formula is C15H11NOS. The first-order valence-electron chi connectivity index (χ1n) is 5.63. The lowest BCUT2D eigenvalue weighted by Crippen LogP contribution is -2.03. The van der Waals surface area contributed by atoms with E-state index in [0.29, 0.717) is 0 Å². The molecule has 0 amide bonds. The van der Waals surface area contributed by atoms with Gasteiger partial charge in [-0.3, -0.25) is 4.99 Å². The molecule has 0 saturated carbocycles. The van der Waals surface area contributed by atoms with Gasteiger partial charge in [-0.25, -0.2) is 0 Å². The lowest BCUT2D eigenvalue weighted by Gasteiger charge is -2.08. The zero-order chi connectivity index (χ0) is 12.4. The number of hydrogen-bond acceptors (Lipinski definition) is 3. The first kappa shape index (κ1) is 11.1. The monoisotopic (exact) mass is 253 g/mol. The Balaban J connectivity index is 2.14. The third kappa shape index (κ3) is 2.05. The number of phenols is 1. The summed E-state index contributed by atoms with van der Waals surface area (Å²) in [6.07, 6.45) is 1.81. The number of phenolic OH excluding ortho intramolecular Hbond substituents is 1. The number of thioether (sulfide) groups is 1. The molecule has 0 atom stereocenters. The van der Waals surface area contributed by atoms with Gasteiger partial charge in [-0.1, -0.05) is 30.0 Å². The summed E-state index contributed by atoms with van der Waals surface area (Å²) >= 11 is 1.67. The summed E-state index contributed by atoms with van der Waals surface area (Å²) in [7, 11) is 0. The van der Waals surface area contributed by atoms with Crippen molar-refractivity contribution in [1.29, 1.82) is 0 Å². The Hall–Kier alpha value is -2.00. The molecule has 1 heterocycles. The van der Waals surface area contributed by atoms with E-state index in [1.807, 2.05) is 35.9 Å². The summed E-state index contributed by atoms with van der Waals surface area (Å²) in [4.78, 5) is 5.69. The first-order chi connectivity index (χ1) is 8.84. The van der Waals surface area contributed by atoms with E-state index in [9.17, 15) is 5.11 Å². The van der Waals surface area contributed by atoms with E-state index in [1.54, 1.807) is 23.9 Å². The Morgan fingerprint density at radius 1 is 0.944 bits per heavy atom. The summed E-state index contributed by atoms with van der Waals surface area (Å²) in [6, 6.07) is 15.3. The quantitative estimate of drug-likeness (QED) is 0.838. The zero-order valence-corrected chi connectivity index (χ0v) is 10.4. The van der Waals surface area contributed by atoms with Crippen LogP contribution in [-0.2, 0) is 0 Å². The predicted octanol–water partition coefficient (Wildman–Crippen LogP) is 3.81. The van der Waals surface area contributed by atoms with Gasteiger partial charge in [0.25, 0.3) is 0 Å². The molecule has 2 aromatic carbocycles. The number of fused-ring (bicyclic) bond motifs is 1. The first-order valence-corrected chi connectivity index (χ1v) is 6.51. The van der Waals surface area contributed by atoms with Gasteiger partial charge in [0.1, 0.15) is 5.75 Å². The van der Waals surface area contributed by atoms with Crippen LogP contribution in [-0.4, -0.2) is 10.8 Å². The highest BCUT2D eigenvalue weighted by Crippen LogP contribution is 2.28. The Morgan fingerprint density at radius 3 is 2.56 bits per heavy atom. The highest BCUT2D eigenvalue weighted by molar-refractivity contribution is 8.02. The summed E-state index contributed by atoms with van der Waals surface area (Å²) in [5.74, 6) is 0.270. The molecule has 3 heteroatoms. The zero-order valence-electron chi connectivity index (χ0n) is 9.58. The van der Waals surface area contributed by atoms with Crippen LogP contribution in [0.15, 0.2) is 70.0 Å². The third-order valence-electron chi connectivity index (χ3n) is 2.74. The van der Waals surface area contributed by atoms with Crippen LogP contribution in [0.3, 0.4) is 0 Å². The van der Waals surface area contributed by atoms with Gasteiger partial charge in [0.15, 0.2) is 0 Å². The van der Waals surface area contributed by atoms with Crippen LogP contribution in [0.1, 0.15) is 11.1 Å². The second kappa shape index (κ2) is 4.70. The lowest BCUT2D eigenvalue weighted by molar-refractivity contribution is 0.475. The van der Waals surface area contributed by atoms with Crippen molar-refractivity contribution in [1.82, 2.24) is 0 Å². The highest BCUT2D eigenvalue weighted by atomic mass is 32.2. The average molecular weight is 253 g/mol. The van der Waals surface area contributed by atoms with Gasteiger partial charge in [0.2, 0.25) is 0 Å². The van der Waals surface area contributed by atoms with E-state index in [0.717, 1.165) is 16.8 Å². The fourth-order valence-electron chi connectivity index (χ4n) is 1.89. The van der Waals surface area contributed by atoms with Crippen LogP contribution in [0.4, 0.5) is 0 Å². The third-order valence-corrected chi connectivity index (χ3v) is 3.61. The van der Waals surface area contributed by atoms with Crippen molar-refractivity contribution in [2.45, 2.75) is 4.90 Å². The van der Waals surface area contributed by atoms with E-state index in [-0.39, 0.29) is 5.75 Å². The predicted molar refractivity (Wildman–Crippen MR) is 75.2 cm³/mol. The second-order valence-electron chi connectivity index (χ2n) is 3.92. The van der Waals surface area contributed by atoms with Crippen LogP contribution < -0.4 is 0 Å². The molecule has 1 N–H and O–H groups in total. The largest absolute Gasteiger partial charge is 0.508 e. The molecule has 0 saturated heterocycles. The van der Waals surface area contributed by atoms with Crippen molar-refractivity contribution in [3.63, 3.8) is 0 Å². The van der Waals surface area contributed by atoms with Crippen LogP contribution in [0.5, 0.6) is 5.75 Å². The SMILES string of the molecule is Oc1ccc(C2=NC=CSc3ccccc32)cc1. The topological polar surface area (TPSA) is 32.6 Å². The molecule has 2 nitrogen and oxygen atoms in total. The maximum Gasteiger partial charge on any atom is 0.115 e. The van der Waals surface area contributed by atoms with E-state index in [2.05, 4.69) is 17.1 Å². The smallest absolute Gasteiger partial charge is 0.115 e. The molecule has 0 unspecified atom stereocenters. The number of hydrogen-bond donors (Lipinski definition) is 1. The number of nitrogens with zero attached hydrogens (tertiary/aromatic N) is 1. The van der Waals surface area contributed by atoms with Gasteiger partial charge in [-0.15, -0.1) is 0 Å². The average Bonchev–Trinajstić information content (AvgIpc) is 2.62. The minimum atomic E-state index is 0.270. The van der Waals surface area contributed by atoms with Crippen molar-refractivity contribution in [3.05, 3.63) is 71.3 Å². The number of benzene rings is 2. The van der Waals surface area contributed by atoms with Crippen molar-refractivity contribution >= 4 is 17.5 Å². The van der Waals surface area contributed by atoms with E-state index >= 15 is 0 Å². The maximum absolute atomic E-state index is 9.35. The summed E-state index contributed by atoms with van der Waals surface area (Å²) in [5, 5.41) is 11.3. The van der Waals surface area contributed by atoms with Crippen LogP contribution >= 0.6 is 11.8 Å². The molecule has 3 rings (SSSR count). The standard InChI is InChI=1S/C15H11NOS/c17-12-7-5-11(6-8-12)15-13-3-1-2-4-14(13)18-10-9-16-15/h1-10,17H. The summed E-state index contributed by atoms with van der Waals surface area (Å²) in [6.45, 7) is 0. The molecule has 0 spiro atoms. The molecule has 0 fully saturated rings. The Kier molecular flexibility index (Phi) is 2.90. The molecule has 1 aliphatic rings. The molecule has 0 bridgehead atoms. The summed E-state index contributed by atoms with van der Waals surface area (Å²) in [5.41, 5.74) is 3.07. The molecule has 1 aliphatic heterocycles. The van der Waals surface area contributed by atoms with Crippen LogP contribution in [0.2, 0.25) is 0 Å². The van der Waals surface area contributed by atoms with Crippen molar-refractivity contribution in [3.8, 4) is 5.75 Å². The van der Waals surface area contributed by atoms with Crippen molar-refractivity contribution in [2.24, 2.45) is 4.99 Å². The van der Waals surface area contributed by atoms with E-state index in [1.165, 1.54) is 4.90 Å².